The SMILES string of the molecule is C[C@H](C(=O)Cl)C(S)C(=O)c1ccccc1. The van der Waals surface area contributed by atoms with Crippen LogP contribution in [0.15, 0.2) is 30.3 Å². The smallest absolute Gasteiger partial charge is 0.226 e. The second-order valence-corrected chi connectivity index (χ2v) is 4.20. The molecule has 0 N–H and O–H groups in total. The summed E-state index contributed by atoms with van der Waals surface area (Å²) < 4.78 is 0. The lowest BCUT2D eigenvalue weighted by Crippen LogP contribution is -2.26. The zero-order valence-corrected chi connectivity index (χ0v) is 9.83. The third kappa shape index (κ3) is 3.08. The monoisotopic (exact) mass is 242 g/mol. The Kier molecular flexibility index (Phi) is 4.36. The van der Waals surface area contributed by atoms with E-state index in [1.807, 2.05) is 6.07 Å². The van der Waals surface area contributed by atoms with Crippen molar-refractivity contribution in [2.24, 2.45) is 5.92 Å². The first-order valence-electron chi connectivity index (χ1n) is 4.50. The molecule has 0 radical (unpaired) electrons. The number of thiol groups is 1. The number of rotatable bonds is 4. The van der Waals surface area contributed by atoms with Crippen LogP contribution in [0.2, 0.25) is 0 Å². The number of benzene rings is 1. The van der Waals surface area contributed by atoms with Crippen LogP contribution in [0.25, 0.3) is 0 Å². The highest BCUT2D eigenvalue weighted by molar-refractivity contribution is 7.82. The largest absolute Gasteiger partial charge is 0.293 e. The number of carbonyl (C=O) groups excluding carboxylic acids is 2. The third-order valence-electron chi connectivity index (χ3n) is 2.16. The molecule has 0 bridgehead atoms. The van der Waals surface area contributed by atoms with Crippen molar-refractivity contribution in [1.29, 1.82) is 0 Å². The van der Waals surface area contributed by atoms with Gasteiger partial charge < -0.3 is 0 Å². The minimum atomic E-state index is -0.683. The Hall–Kier alpha value is -0.800. The summed E-state index contributed by atoms with van der Waals surface area (Å²) in [5.74, 6) is -0.761. The summed E-state index contributed by atoms with van der Waals surface area (Å²) in [5.41, 5.74) is 0.544. The Balaban J connectivity index is 2.82. The molecule has 1 rings (SSSR count). The molecule has 0 saturated heterocycles. The average molecular weight is 243 g/mol. The Labute approximate surface area is 99.0 Å². The van der Waals surface area contributed by atoms with Gasteiger partial charge in [0.05, 0.1) is 5.25 Å². The van der Waals surface area contributed by atoms with Crippen LogP contribution in [-0.4, -0.2) is 16.3 Å². The highest BCUT2D eigenvalue weighted by Crippen LogP contribution is 2.18. The first-order valence-corrected chi connectivity index (χ1v) is 5.40. The molecule has 0 aliphatic heterocycles. The van der Waals surface area contributed by atoms with Crippen molar-refractivity contribution >= 4 is 35.3 Å². The van der Waals surface area contributed by atoms with E-state index in [1.165, 1.54) is 0 Å². The molecule has 1 aromatic carbocycles. The summed E-state index contributed by atoms with van der Waals surface area (Å²) in [6.45, 7) is 1.59. The quantitative estimate of drug-likeness (QED) is 0.500. The van der Waals surface area contributed by atoms with Gasteiger partial charge in [0.1, 0.15) is 0 Å². The Morgan fingerprint density at radius 3 is 2.27 bits per heavy atom. The molecular formula is C11H11ClO2S. The van der Waals surface area contributed by atoms with Gasteiger partial charge in [-0.05, 0) is 11.6 Å². The van der Waals surface area contributed by atoms with Crippen molar-refractivity contribution < 1.29 is 9.59 Å². The fourth-order valence-electron chi connectivity index (χ4n) is 1.12. The average Bonchev–Trinajstić information content (AvgIpc) is 2.27. The predicted octanol–water partition coefficient (Wildman–Crippen LogP) is 2.57. The van der Waals surface area contributed by atoms with Crippen molar-refractivity contribution in [2.75, 3.05) is 0 Å². The molecule has 80 valence electrons. The predicted molar refractivity (Wildman–Crippen MR) is 63.6 cm³/mol. The zero-order chi connectivity index (χ0) is 11.4. The third-order valence-corrected chi connectivity index (χ3v) is 3.18. The maximum Gasteiger partial charge on any atom is 0.226 e. The van der Waals surface area contributed by atoms with E-state index in [9.17, 15) is 9.59 Å². The van der Waals surface area contributed by atoms with Gasteiger partial charge in [-0.3, -0.25) is 9.59 Å². The van der Waals surface area contributed by atoms with Gasteiger partial charge in [0, 0.05) is 11.5 Å². The molecule has 1 aromatic rings. The Morgan fingerprint density at radius 1 is 1.27 bits per heavy atom. The lowest BCUT2D eigenvalue weighted by molar-refractivity contribution is -0.114. The molecule has 0 fully saturated rings. The number of Topliss-reactive ketones (excluding diaryl/α,β-unsaturated/α-hetero) is 1. The van der Waals surface area contributed by atoms with Gasteiger partial charge in [0.25, 0.3) is 0 Å². The van der Waals surface area contributed by atoms with Gasteiger partial charge in [-0.25, -0.2) is 0 Å². The molecule has 2 nitrogen and oxygen atoms in total. The maximum atomic E-state index is 11.8. The number of hydrogen-bond acceptors (Lipinski definition) is 3. The molecule has 0 aliphatic rings. The minimum Gasteiger partial charge on any atom is -0.293 e. The highest BCUT2D eigenvalue weighted by Gasteiger charge is 2.26. The van der Waals surface area contributed by atoms with Crippen LogP contribution in [0.1, 0.15) is 17.3 Å². The van der Waals surface area contributed by atoms with Gasteiger partial charge in [-0.1, -0.05) is 37.3 Å². The van der Waals surface area contributed by atoms with Gasteiger partial charge in [-0.2, -0.15) is 12.6 Å². The lowest BCUT2D eigenvalue weighted by atomic mass is 10.00. The molecular weight excluding hydrogens is 232 g/mol. The van der Waals surface area contributed by atoms with E-state index >= 15 is 0 Å². The standard InChI is InChI=1S/C11H11ClO2S/c1-7(11(12)14)10(15)9(13)8-5-3-2-4-6-8/h2-7,10,15H,1H3/t7-,10?/m0/s1. The topological polar surface area (TPSA) is 34.1 Å². The molecule has 0 spiro atoms. The first-order chi connectivity index (χ1) is 7.04. The van der Waals surface area contributed by atoms with Crippen molar-refractivity contribution in [3.8, 4) is 0 Å². The van der Waals surface area contributed by atoms with E-state index in [0.29, 0.717) is 5.56 Å². The van der Waals surface area contributed by atoms with E-state index in [4.69, 9.17) is 11.6 Å². The zero-order valence-electron chi connectivity index (χ0n) is 8.18. The Bertz CT molecular complexity index is 364. The van der Waals surface area contributed by atoms with E-state index in [1.54, 1.807) is 31.2 Å². The molecule has 2 atom stereocenters. The number of ketones is 1. The van der Waals surface area contributed by atoms with Crippen LogP contribution in [0.5, 0.6) is 0 Å². The molecule has 4 heteroatoms. The van der Waals surface area contributed by atoms with Crippen molar-refractivity contribution in [2.45, 2.75) is 12.2 Å². The molecule has 0 aromatic heterocycles. The summed E-state index contributed by atoms with van der Waals surface area (Å²) in [7, 11) is 0. The minimum absolute atomic E-state index is 0.180. The molecule has 0 amide bonds. The van der Waals surface area contributed by atoms with Gasteiger partial charge >= 0.3 is 0 Å². The summed E-state index contributed by atoms with van der Waals surface area (Å²) in [5, 5.41) is -1.23. The second kappa shape index (κ2) is 5.33. The van der Waals surface area contributed by atoms with Crippen LogP contribution in [0.3, 0.4) is 0 Å². The number of carbonyl (C=O) groups is 2. The number of halogens is 1. The van der Waals surface area contributed by atoms with Gasteiger partial charge in [0.2, 0.25) is 5.24 Å². The fourth-order valence-corrected chi connectivity index (χ4v) is 1.62. The van der Waals surface area contributed by atoms with Gasteiger partial charge in [-0.15, -0.1) is 0 Å². The number of hydrogen-bond donors (Lipinski definition) is 1. The van der Waals surface area contributed by atoms with E-state index < -0.39 is 16.4 Å². The second-order valence-electron chi connectivity index (χ2n) is 3.27. The molecule has 0 aliphatic carbocycles. The van der Waals surface area contributed by atoms with Crippen LogP contribution < -0.4 is 0 Å². The molecule has 1 unspecified atom stereocenters. The van der Waals surface area contributed by atoms with Gasteiger partial charge in [0.15, 0.2) is 5.78 Å². The fraction of sp³-hybridized carbons (Fsp3) is 0.273. The summed E-state index contributed by atoms with van der Waals surface area (Å²) >= 11 is 9.43. The lowest BCUT2D eigenvalue weighted by Gasteiger charge is -2.13. The normalized spacial score (nSPS) is 14.3. The van der Waals surface area contributed by atoms with Crippen molar-refractivity contribution in [1.82, 2.24) is 0 Å². The maximum absolute atomic E-state index is 11.8. The van der Waals surface area contributed by atoms with E-state index in [0.717, 1.165) is 0 Å². The van der Waals surface area contributed by atoms with Crippen LogP contribution in [0.4, 0.5) is 0 Å². The van der Waals surface area contributed by atoms with E-state index in [2.05, 4.69) is 12.6 Å². The molecule has 15 heavy (non-hydrogen) atoms. The first kappa shape index (κ1) is 12.3. The van der Waals surface area contributed by atoms with Crippen molar-refractivity contribution in [3.63, 3.8) is 0 Å². The summed E-state index contributed by atoms with van der Waals surface area (Å²) in [6.07, 6.45) is 0. The van der Waals surface area contributed by atoms with Crippen LogP contribution >= 0.6 is 24.2 Å². The Morgan fingerprint density at radius 2 is 1.80 bits per heavy atom. The van der Waals surface area contributed by atoms with Crippen molar-refractivity contribution in [3.05, 3.63) is 35.9 Å². The van der Waals surface area contributed by atoms with Crippen LogP contribution in [-0.2, 0) is 4.79 Å². The van der Waals surface area contributed by atoms with Crippen LogP contribution in [0, 0.1) is 5.92 Å². The highest BCUT2D eigenvalue weighted by atomic mass is 35.5. The molecule has 0 saturated carbocycles. The summed E-state index contributed by atoms with van der Waals surface area (Å²) in [4.78, 5) is 22.7. The van der Waals surface area contributed by atoms with E-state index in [-0.39, 0.29) is 5.78 Å². The molecule has 0 heterocycles. The summed E-state index contributed by atoms with van der Waals surface area (Å²) in [6, 6.07) is 8.73.